The van der Waals surface area contributed by atoms with Crippen LogP contribution in [-0.4, -0.2) is 60.0 Å². The van der Waals surface area contributed by atoms with Crippen molar-refractivity contribution in [2.45, 2.75) is 24.5 Å². The summed E-state index contributed by atoms with van der Waals surface area (Å²) in [5, 5.41) is 33.3. The monoisotopic (exact) mass is 267 g/mol. The number of aromatic nitrogens is 4. The number of rotatable bonds is 2. The first-order valence-corrected chi connectivity index (χ1v) is 5.69. The normalized spacial score (nSPS) is 31.1. The summed E-state index contributed by atoms with van der Waals surface area (Å²) in [5.41, 5.74) is 6.05. The minimum Gasteiger partial charge on any atom is -0.394 e. The molecule has 0 radical (unpaired) electrons. The van der Waals surface area contributed by atoms with Gasteiger partial charge < -0.3 is 25.8 Å². The van der Waals surface area contributed by atoms with Crippen molar-refractivity contribution < 1.29 is 20.1 Å². The Morgan fingerprint density at radius 1 is 1.32 bits per heavy atom. The molecule has 2 aromatic heterocycles. The number of nitrogen functional groups attached to an aromatic ring is 1. The van der Waals surface area contributed by atoms with Crippen molar-refractivity contribution in [3.63, 3.8) is 0 Å². The zero-order chi connectivity index (χ0) is 13.6. The number of nitrogens with two attached hydrogens (primary N) is 1. The minimum absolute atomic E-state index is 0.267. The van der Waals surface area contributed by atoms with E-state index in [0.29, 0.717) is 11.0 Å². The molecule has 3 rings (SSSR count). The highest BCUT2D eigenvalue weighted by Gasteiger charge is 2.43. The number of anilines is 1. The van der Waals surface area contributed by atoms with Gasteiger partial charge in [0.1, 0.15) is 30.5 Å². The Bertz CT molecular complexity index is 603. The number of aliphatic hydroxyl groups is 3. The summed E-state index contributed by atoms with van der Waals surface area (Å²) in [6, 6.07) is 0. The van der Waals surface area contributed by atoms with Crippen LogP contribution in [-0.2, 0) is 4.74 Å². The minimum atomic E-state index is -1.19. The highest BCUT2D eigenvalue weighted by Crippen LogP contribution is 2.30. The quantitative estimate of drug-likeness (QED) is 0.491. The Hall–Kier alpha value is -1.81. The molecule has 102 valence electrons. The maximum Gasteiger partial charge on any atom is 0.186 e. The largest absolute Gasteiger partial charge is 0.394 e. The summed E-state index contributed by atoms with van der Waals surface area (Å²) in [6.07, 6.45) is -1.31. The molecule has 1 aliphatic heterocycles. The second kappa shape index (κ2) is 4.38. The number of hydrogen-bond acceptors (Lipinski definition) is 8. The second-order valence-electron chi connectivity index (χ2n) is 4.33. The van der Waals surface area contributed by atoms with Crippen molar-refractivity contribution >= 4 is 16.9 Å². The van der Waals surface area contributed by atoms with E-state index in [1.807, 2.05) is 0 Å². The van der Waals surface area contributed by atoms with E-state index in [0.717, 1.165) is 0 Å². The molecule has 0 amide bonds. The zero-order valence-electron chi connectivity index (χ0n) is 9.79. The Labute approximate surface area is 107 Å². The first kappa shape index (κ1) is 12.2. The van der Waals surface area contributed by atoms with Crippen LogP contribution in [0, 0.1) is 0 Å². The van der Waals surface area contributed by atoms with Gasteiger partial charge in [0.05, 0.1) is 12.0 Å². The van der Waals surface area contributed by atoms with Crippen molar-refractivity contribution in [3.8, 4) is 0 Å². The lowest BCUT2D eigenvalue weighted by atomic mass is 10.1. The van der Waals surface area contributed by atoms with Crippen molar-refractivity contribution in [1.82, 2.24) is 19.7 Å². The fourth-order valence-corrected chi connectivity index (χ4v) is 2.10. The smallest absolute Gasteiger partial charge is 0.186 e. The van der Waals surface area contributed by atoms with Crippen molar-refractivity contribution in [1.29, 1.82) is 0 Å². The van der Waals surface area contributed by atoms with Crippen LogP contribution in [0.4, 0.5) is 5.82 Å². The van der Waals surface area contributed by atoms with Gasteiger partial charge in [0, 0.05) is 6.20 Å². The molecule has 0 saturated carbocycles. The van der Waals surface area contributed by atoms with Gasteiger partial charge in [0.15, 0.2) is 11.9 Å². The first-order chi connectivity index (χ1) is 9.11. The highest BCUT2D eigenvalue weighted by atomic mass is 16.6. The molecule has 3 heterocycles. The first-order valence-electron chi connectivity index (χ1n) is 5.69. The van der Waals surface area contributed by atoms with Crippen molar-refractivity contribution in [3.05, 3.63) is 12.5 Å². The Kier molecular flexibility index (Phi) is 2.82. The maximum absolute atomic E-state index is 9.89. The molecule has 0 aromatic carbocycles. The van der Waals surface area contributed by atoms with Gasteiger partial charge in [-0.25, -0.2) is 14.6 Å². The average molecular weight is 267 g/mol. The molecule has 5 N–H and O–H groups in total. The highest BCUT2D eigenvalue weighted by molar-refractivity contribution is 5.84. The molecule has 1 fully saturated rings. The van der Waals surface area contributed by atoms with E-state index >= 15 is 0 Å². The third kappa shape index (κ3) is 1.83. The Balaban J connectivity index is 1.99. The lowest BCUT2D eigenvalue weighted by Crippen LogP contribution is -2.33. The van der Waals surface area contributed by atoms with Gasteiger partial charge in [-0.2, -0.15) is 0 Å². The molecule has 4 atom stereocenters. The summed E-state index contributed by atoms with van der Waals surface area (Å²) in [4.78, 5) is 7.78. The van der Waals surface area contributed by atoms with Crippen LogP contribution < -0.4 is 5.73 Å². The molecule has 0 spiro atoms. The van der Waals surface area contributed by atoms with Crippen LogP contribution in [0.25, 0.3) is 11.0 Å². The molecule has 9 heteroatoms. The van der Waals surface area contributed by atoms with E-state index in [4.69, 9.17) is 15.6 Å². The second-order valence-corrected chi connectivity index (χ2v) is 4.33. The van der Waals surface area contributed by atoms with E-state index in [2.05, 4.69) is 15.1 Å². The van der Waals surface area contributed by atoms with Crippen LogP contribution in [0.3, 0.4) is 0 Å². The standard InChI is InChI=1S/C10H13N5O4/c11-8-4-1-15(14-9(4)13-3-12-8)10-7(18)6(17)5(2-16)19-10/h1,3,5-7,10,16-18H,2H2,(H2,11,12,13,14)/t5-,6-,7-,10-/m1/s1. The molecule has 0 bridgehead atoms. The van der Waals surface area contributed by atoms with Gasteiger partial charge in [-0.1, -0.05) is 0 Å². The molecular formula is C10H13N5O4. The van der Waals surface area contributed by atoms with Crippen LogP contribution >= 0.6 is 0 Å². The molecule has 1 saturated heterocycles. The van der Waals surface area contributed by atoms with Crippen LogP contribution in [0.1, 0.15) is 6.23 Å². The van der Waals surface area contributed by atoms with Gasteiger partial charge >= 0.3 is 0 Å². The molecule has 9 nitrogen and oxygen atoms in total. The number of ether oxygens (including phenoxy) is 1. The van der Waals surface area contributed by atoms with Crippen LogP contribution in [0.2, 0.25) is 0 Å². The van der Waals surface area contributed by atoms with E-state index < -0.39 is 31.1 Å². The Morgan fingerprint density at radius 2 is 2.11 bits per heavy atom. The number of aliphatic hydroxyl groups excluding tert-OH is 3. The Morgan fingerprint density at radius 3 is 2.74 bits per heavy atom. The molecule has 1 aliphatic rings. The predicted octanol–water partition coefficient (Wildman–Crippen LogP) is -1.98. The van der Waals surface area contributed by atoms with E-state index in [1.165, 1.54) is 17.2 Å². The van der Waals surface area contributed by atoms with E-state index in [1.54, 1.807) is 0 Å². The summed E-state index contributed by atoms with van der Waals surface area (Å²) in [7, 11) is 0. The molecule has 0 unspecified atom stereocenters. The maximum atomic E-state index is 9.89. The van der Waals surface area contributed by atoms with E-state index in [-0.39, 0.29) is 5.82 Å². The molecule has 19 heavy (non-hydrogen) atoms. The predicted molar refractivity (Wildman–Crippen MR) is 62.7 cm³/mol. The molecule has 0 aliphatic carbocycles. The number of fused-ring (bicyclic) bond motifs is 1. The van der Waals surface area contributed by atoms with Gasteiger partial charge in [-0.15, -0.1) is 5.10 Å². The fourth-order valence-electron chi connectivity index (χ4n) is 2.10. The lowest BCUT2D eigenvalue weighted by molar-refractivity contribution is -0.0583. The van der Waals surface area contributed by atoms with Gasteiger partial charge in [0.2, 0.25) is 0 Å². The zero-order valence-corrected chi connectivity index (χ0v) is 9.79. The van der Waals surface area contributed by atoms with E-state index in [9.17, 15) is 10.2 Å². The third-order valence-electron chi connectivity index (χ3n) is 3.14. The van der Waals surface area contributed by atoms with Crippen LogP contribution in [0.5, 0.6) is 0 Å². The van der Waals surface area contributed by atoms with Crippen molar-refractivity contribution in [2.75, 3.05) is 12.3 Å². The third-order valence-corrected chi connectivity index (χ3v) is 3.14. The lowest BCUT2D eigenvalue weighted by Gasteiger charge is -2.14. The number of hydrogen-bond donors (Lipinski definition) is 4. The SMILES string of the molecule is Nc1ncnc2nn([C@@H]3O[C@H](CO)[C@@H](O)[C@H]3O)cc12. The fraction of sp³-hybridized carbons (Fsp3) is 0.500. The van der Waals surface area contributed by atoms with Gasteiger partial charge in [-0.05, 0) is 0 Å². The van der Waals surface area contributed by atoms with Crippen molar-refractivity contribution in [2.24, 2.45) is 0 Å². The van der Waals surface area contributed by atoms with Gasteiger partial charge in [-0.3, -0.25) is 0 Å². The molecule has 2 aromatic rings. The topological polar surface area (TPSA) is 140 Å². The van der Waals surface area contributed by atoms with Gasteiger partial charge in [0.25, 0.3) is 0 Å². The summed E-state index contributed by atoms with van der Waals surface area (Å²) in [5.74, 6) is 0.267. The summed E-state index contributed by atoms with van der Waals surface area (Å²) >= 11 is 0. The number of nitrogens with zero attached hydrogens (tertiary/aromatic N) is 4. The summed E-state index contributed by atoms with van der Waals surface area (Å²) in [6.45, 7) is -0.391. The van der Waals surface area contributed by atoms with Crippen LogP contribution in [0.15, 0.2) is 12.5 Å². The molecular weight excluding hydrogens is 254 g/mol. The average Bonchev–Trinajstić information content (AvgIpc) is 2.94. The summed E-state index contributed by atoms with van der Waals surface area (Å²) < 4.78 is 6.67.